The third-order valence-corrected chi connectivity index (χ3v) is 3.08. The van der Waals surface area contributed by atoms with Crippen molar-refractivity contribution in [1.82, 2.24) is 0 Å². The number of aliphatic imine (C=N–C) groups is 1. The van der Waals surface area contributed by atoms with Crippen LogP contribution in [0.1, 0.15) is 13.8 Å². The Kier molecular flexibility index (Phi) is 6.89. The zero-order valence-electron chi connectivity index (χ0n) is 13.8. The molecule has 0 saturated heterocycles. The number of nitrogens with one attached hydrogen (secondary N) is 1. The van der Waals surface area contributed by atoms with Crippen molar-refractivity contribution in [2.24, 2.45) is 10.1 Å². The van der Waals surface area contributed by atoms with Gasteiger partial charge in [0, 0.05) is 39.1 Å². The van der Waals surface area contributed by atoms with Crippen LogP contribution < -0.4 is 10.3 Å². The average molecular weight is 300 g/mol. The highest BCUT2D eigenvalue weighted by atomic mass is 16.3. The number of benzene rings is 1. The van der Waals surface area contributed by atoms with Crippen LogP contribution in [0.4, 0.5) is 11.4 Å². The van der Waals surface area contributed by atoms with Crippen LogP contribution in [0.15, 0.2) is 52.1 Å². The van der Waals surface area contributed by atoms with Gasteiger partial charge in [-0.2, -0.15) is 5.10 Å². The second kappa shape index (κ2) is 8.67. The largest absolute Gasteiger partial charge is 0.506 e. The zero-order valence-corrected chi connectivity index (χ0v) is 13.8. The Morgan fingerprint density at radius 1 is 1.36 bits per heavy atom. The smallest absolute Gasteiger partial charge is 0.142 e. The number of hydrogen-bond acceptors (Lipinski definition) is 5. The lowest BCUT2D eigenvalue weighted by Crippen LogP contribution is -2.13. The highest BCUT2D eigenvalue weighted by molar-refractivity contribution is 6.04. The van der Waals surface area contributed by atoms with Crippen molar-refractivity contribution in [3.8, 4) is 5.75 Å². The number of aromatic hydroxyl groups is 1. The maximum atomic E-state index is 10.1. The molecule has 5 heteroatoms. The van der Waals surface area contributed by atoms with Crippen molar-refractivity contribution >= 4 is 23.3 Å². The van der Waals surface area contributed by atoms with Gasteiger partial charge in [0.25, 0.3) is 0 Å². The first kappa shape index (κ1) is 17.5. The number of allylic oxidation sites excluding steroid dienone is 4. The molecular formula is C17H24N4O. The van der Waals surface area contributed by atoms with E-state index in [9.17, 15) is 5.11 Å². The molecule has 0 bridgehead atoms. The molecule has 0 aromatic heterocycles. The first-order valence-corrected chi connectivity index (χ1v) is 7.08. The highest BCUT2D eigenvalue weighted by Gasteiger charge is 2.08. The van der Waals surface area contributed by atoms with Crippen molar-refractivity contribution in [2.75, 3.05) is 31.5 Å². The fourth-order valence-corrected chi connectivity index (χ4v) is 1.92. The molecule has 0 aliphatic carbocycles. The maximum absolute atomic E-state index is 10.1. The van der Waals surface area contributed by atoms with Crippen LogP contribution in [0.5, 0.6) is 5.75 Å². The van der Waals surface area contributed by atoms with Crippen LogP contribution >= 0.6 is 0 Å². The SMILES string of the molecule is C\C=C/C(=C\C=NC)C(/C)=N/N(C)c1ccc(NC)cc1O. The Balaban J connectivity index is 3.08. The van der Waals surface area contributed by atoms with Crippen molar-refractivity contribution < 1.29 is 5.11 Å². The van der Waals surface area contributed by atoms with E-state index in [1.165, 1.54) is 0 Å². The minimum Gasteiger partial charge on any atom is -0.506 e. The Morgan fingerprint density at radius 2 is 2.09 bits per heavy atom. The quantitative estimate of drug-likeness (QED) is 0.480. The van der Waals surface area contributed by atoms with Crippen LogP contribution in [0.3, 0.4) is 0 Å². The van der Waals surface area contributed by atoms with Crippen LogP contribution in [0, 0.1) is 0 Å². The van der Waals surface area contributed by atoms with Gasteiger partial charge in [-0.15, -0.1) is 0 Å². The molecule has 2 N–H and O–H groups in total. The number of hydrogen-bond donors (Lipinski definition) is 2. The summed E-state index contributed by atoms with van der Waals surface area (Å²) in [7, 11) is 5.34. The Bertz CT molecular complexity index is 615. The molecule has 1 aromatic carbocycles. The van der Waals surface area contributed by atoms with Crippen LogP contribution in [0.25, 0.3) is 0 Å². The number of phenolic OH excluding ortho intramolecular Hbond substituents is 1. The molecule has 0 heterocycles. The molecule has 5 nitrogen and oxygen atoms in total. The number of anilines is 2. The predicted molar refractivity (Wildman–Crippen MR) is 96.5 cm³/mol. The van der Waals surface area contributed by atoms with Gasteiger partial charge in [0.2, 0.25) is 0 Å². The van der Waals surface area contributed by atoms with Gasteiger partial charge in [-0.3, -0.25) is 10.0 Å². The van der Waals surface area contributed by atoms with E-state index in [1.54, 1.807) is 31.4 Å². The van der Waals surface area contributed by atoms with Gasteiger partial charge < -0.3 is 10.4 Å². The summed E-state index contributed by atoms with van der Waals surface area (Å²) in [6.45, 7) is 3.88. The molecule has 118 valence electrons. The summed E-state index contributed by atoms with van der Waals surface area (Å²) in [6, 6.07) is 5.39. The fourth-order valence-electron chi connectivity index (χ4n) is 1.92. The van der Waals surface area contributed by atoms with Gasteiger partial charge in [-0.25, -0.2) is 0 Å². The summed E-state index contributed by atoms with van der Waals surface area (Å²) in [6.07, 6.45) is 7.55. The second-order valence-corrected chi connectivity index (χ2v) is 4.69. The third-order valence-electron chi connectivity index (χ3n) is 3.08. The van der Waals surface area contributed by atoms with Crippen molar-refractivity contribution in [3.05, 3.63) is 42.0 Å². The molecule has 22 heavy (non-hydrogen) atoms. The molecule has 0 amide bonds. The van der Waals surface area contributed by atoms with Gasteiger partial charge in [0.15, 0.2) is 0 Å². The number of phenols is 1. The Hall–Kier alpha value is -2.56. The molecular weight excluding hydrogens is 276 g/mol. The van der Waals surface area contributed by atoms with E-state index in [1.807, 2.05) is 51.3 Å². The molecule has 0 radical (unpaired) electrons. The van der Waals surface area contributed by atoms with Gasteiger partial charge in [0.1, 0.15) is 11.4 Å². The van der Waals surface area contributed by atoms with Crippen molar-refractivity contribution in [3.63, 3.8) is 0 Å². The van der Waals surface area contributed by atoms with E-state index in [4.69, 9.17) is 0 Å². The van der Waals surface area contributed by atoms with E-state index in [2.05, 4.69) is 15.4 Å². The number of nitrogens with zero attached hydrogens (tertiary/aromatic N) is 3. The third kappa shape index (κ3) is 4.77. The topological polar surface area (TPSA) is 60.2 Å². The standard InChI is InChI=1S/C17H24N4O/c1-6-7-14(10-11-18-3)13(2)20-21(5)16-9-8-15(19-4)12-17(16)22/h6-12,19,22H,1-5H3/b7-6-,14-10+,18-11?,20-13+. The van der Waals surface area contributed by atoms with Crippen molar-refractivity contribution in [2.45, 2.75) is 13.8 Å². The fraction of sp³-hybridized carbons (Fsp3) is 0.294. The Labute approximate surface area is 132 Å². The predicted octanol–water partition coefficient (Wildman–Crippen LogP) is 3.45. The lowest BCUT2D eigenvalue weighted by Gasteiger charge is -2.17. The number of rotatable bonds is 6. The molecule has 0 fully saturated rings. The minimum atomic E-state index is 0.178. The molecule has 0 unspecified atom stereocenters. The van der Waals surface area contributed by atoms with Crippen LogP contribution in [-0.4, -0.2) is 38.2 Å². The minimum absolute atomic E-state index is 0.178. The average Bonchev–Trinajstić information content (AvgIpc) is 2.50. The van der Waals surface area contributed by atoms with Crippen LogP contribution in [-0.2, 0) is 0 Å². The van der Waals surface area contributed by atoms with Gasteiger partial charge in [0.05, 0.1) is 5.71 Å². The first-order chi connectivity index (χ1) is 10.5. The molecule has 0 spiro atoms. The van der Waals surface area contributed by atoms with E-state index >= 15 is 0 Å². The highest BCUT2D eigenvalue weighted by Crippen LogP contribution is 2.29. The van der Waals surface area contributed by atoms with Gasteiger partial charge in [-0.1, -0.05) is 12.2 Å². The van der Waals surface area contributed by atoms with Crippen LogP contribution in [0.2, 0.25) is 0 Å². The summed E-state index contributed by atoms with van der Waals surface area (Å²) < 4.78 is 0. The number of hydrazone groups is 1. The molecule has 0 aliphatic rings. The van der Waals surface area contributed by atoms with Gasteiger partial charge >= 0.3 is 0 Å². The molecule has 0 atom stereocenters. The first-order valence-electron chi connectivity index (χ1n) is 7.08. The van der Waals surface area contributed by atoms with Gasteiger partial charge in [-0.05, 0) is 37.6 Å². The summed E-state index contributed by atoms with van der Waals surface area (Å²) in [5, 5.41) is 19.3. The summed E-state index contributed by atoms with van der Waals surface area (Å²) in [5.41, 5.74) is 3.29. The summed E-state index contributed by atoms with van der Waals surface area (Å²) >= 11 is 0. The Morgan fingerprint density at radius 3 is 2.64 bits per heavy atom. The molecule has 1 rings (SSSR count). The normalized spacial score (nSPS) is 13.1. The van der Waals surface area contributed by atoms with E-state index < -0.39 is 0 Å². The van der Waals surface area contributed by atoms with E-state index in [-0.39, 0.29) is 5.75 Å². The lowest BCUT2D eigenvalue weighted by molar-refractivity contribution is 0.475. The molecule has 0 aliphatic heterocycles. The summed E-state index contributed by atoms with van der Waals surface area (Å²) in [4.78, 5) is 3.96. The van der Waals surface area contributed by atoms with Crippen molar-refractivity contribution in [1.29, 1.82) is 0 Å². The monoisotopic (exact) mass is 300 g/mol. The molecule has 0 saturated carbocycles. The lowest BCUT2D eigenvalue weighted by atomic mass is 10.1. The zero-order chi connectivity index (χ0) is 16.5. The van der Waals surface area contributed by atoms with E-state index in [0.717, 1.165) is 17.0 Å². The second-order valence-electron chi connectivity index (χ2n) is 4.69. The summed E-state index contributed by atoms with van der Waals surface area (Å²) in [5.74, 6) is 0.178. The molecule has 1 aromatic rings. The maximum Gasteiger partial charge on any atom is 0.142 e. The van der Waals surface area contributed by atoms with E-state index in [0.29, 0.717) is 5.69 Å².